The summed E-state index contributed by atoms with van der Waals surface area (Å²) in [4.78, 5) is 0. The molecule has 16 heavy (non-hydrogen) atoms. The van der Waals surface area contributed by atoms with Gasteiger partial charge in [0.05, 0.1) is 0 Å². The molecule has 0 heterocycles. The number of aryl methyl sites for hydroxylation is 2. The summed E-state index contributed by atoms with van der Waals surface area (Å²) in [6, 6.07) is 7.04. The van der Waals surface area contributed by atoms with Crippen molar-refractivity contribution in [1.82, 2.24) is 0 Å². The third-order valence-electron chi connectivity index (χ3n) is 5.12. The number of hydrogen-bond donors (Lipinski definition) is 0. The van der Waals surface area contributed by atoms with Crippen molar-refractivity contribution in [3.05, 3.63) is 34.9 Å². The Morgan fingerprint density at radius 2 is 1.81 bits per heavy atom. The summed E-state index contributed by atoms with van der Waals surface area (Å²) in [7, 11) is 0. The van der Waals surface area contributed by atoms with E-state index in [1.165, 1.54) is 30.4 Å². The van der Waals surface area contributed by atoms with Gasteiger partial charge in [0.25, 0.3) is 0 Å². The van der Waals surface area contributed by atoms with E-state index in [4.69, 9.17) is 0 Å². The predicted octanol–water partition coefficient (Wildman–Crippen LogP) is 4.45. The second kappa shape index (κ2) is 3.61. The van der Waals surface area contributed by atoms with Crippen LogP contribution in [0.4, 0.5) is 0 Å². The summed E-state index contributed by atoms with van der Waals surface area (Å²) >= 11 is 0. The minimum absolute atomic E-state index is 0.861. The molecule has 2 bridgehead atoms. The summed E-state index contributed by atoms with van der Waals surface area (Å²) in [6.07, 6.45) is 4.47. The Morgan fingerprint density at radius 3 is 2.44 bits per heavy atom. The maximum absolute atomic E-state index is 2.48. The molecule has 0 amide bonds. The molecule has 0 aromatic heterocycles. The summed E-state index contributed by atoms with van der Waals surface area (Å²) in [6.45, 7) is 6.97. The van der Waals surface area contributed by atoms with Crippen molar-refractivity contribution in [3.8, 4) is 0 Å². The molecule has 0 aliphatic heterocycles. The molecule has 0 nitrogen and oxygen atoms in total. The highest BCUT2D eigenvalue weighted by molar-refractivity contribution is 5.35. The van der Waals surface area contributed by atoms with Gasteiger partial charge in [0.2, 0.25) is 0 Å². The van der Waals surface area contributed by atoms with Crippen molar-refractivity contribution in [1.29, 1.82) is 0 Å². The summed E-state index contributed by atoms with van der Waals surface area (Å²) in [5, 5.41) is 0. The van der Waals surface area contributed by atoms with Gasteiger partial charge >= 0.3 is 0 Å². The minimum atomic E-state index is 0.861. The van der Waals surface area contributed by atoms with Crippen LogP contribution in [-0.4, -0.2) is 0 Å². The van der Waals surface area contributed by atoms with E-state index in [1.54, 1.807) is 5.56 Å². The Hall–Kier alpha value is -0.780. The standard InChI is InChI=1S/C16H22/c1-10-4-7-15(11(2)8-10)16-12(3)13-5-6-14(16)9-13/h4,7-8,12-14,16H,5-6,9H2,1-3H3. The van der Waals surface area contributed by atoms with Crippen LogP contribution < -0.4 is 0 Å². The third kappa shape index (κ3) is 1.43. The SMILES string of the molecule is Cc1ccc(C2C3CCC(C3)C2C)c(C)c1. The number of hydrogen-bond acceptors (Lipinski definition) is 0. The van der Waals surface area contributed by atoms with Crippen LogP contribution in [-0.2, 0) is 0 Å². The minimum Gasteiger partial charge on any atom is -0.0616 e. The lowest BCUT2D eigenvalue weighted by molar-refractivity contribution is 0.310. The van der Waals surface area contributed by atoms with Crippen LogP contribution in [0.5, 0.6) is 0 Å². The van der Waals surface area contributed by atoms with Gasteiger partial charge in [0.15, 0.2) is 0 Å². The van der Waals surface area contributed by atoms with Crippen molar-refractivity contribution in [2.24, 2.45) is 17.8 Å². The Bertz CT molecular complexity index is 402. The van der Waals surface area contributed by atoms with E-state index >= 15 is 0 Å². The Balaban J connectivity index is 1.98. The maximum atomic E-state index is 2.48. The molecule has 3 rings (SSSR count). The van der Waals surface area contributed by atoms with E-state index in [9.17, 15) is 0 Å². The fourth-order valence-corrected chi connectivity index (χ4v) is 4.32. The van der Waals surface area contributed by atoms with E-state index in [0.717, 1.165) is 23.7 Å². The molecule has 1 aromatic rings. The van der Waals surface area contributed by atoms with Crippen molar-refractivity contribution in [2.45, 2.75) is 46.0 Å². The van der Waals surface area contributed by atoms with Crippen molar-refractivity contribution < 1.29 is 0 Å². The first-order valence-corrected chi connectivity index (χ1v) is 6.74. The zero-order valence-electron chi connectivity index (χ0n) is 10.7. The van der Waals surface area contributed by atoms with Gasteiger partial charge in [0, 0.05) is 0 Å². The van der Waals surface area contributed by atoms with Gasteiger partial charge in [-0.2, -0.15) is 0 Å². The molecule has 4 atom stereocenters. The van der Waals surface area contributed by atoms with Gasteiger partial charge in [-0.05, 0) is 67.9 Å². The van der Waals surface area contributed by atoms with Gasteiger partial charge in [-0.25, -0.2) is 0 Å². The van der Waals surface area contributed by atoms with Gasteiger partial charge in [-0.3, -0.25) is 0 Å². The van der Waals surface area contributed by atoms with E-state index < -0.39 is 0 Å². The first kappa shape index (κ1) is 10.4. The second-order valence-corrected chi connectivity index (χ2v) is 6.08. The van der Waals surface area contributed by atoms with Gasteiger partial charge < -0.3 is 0 Å². The smallest absolute Gasteiger partial charge is 0.0103 e. The zero-order valence-corrected chi connectivity index (χ0v) is 10.7. The highest BCUT2D eigenvalue weighted by Gasteiger charge is 2.45. The van der Waals surface area contributed by atoms with Crippen LogP contribution in [0.15, 0.2) is 18.2 Å². The number of fused-ring (bicyclic) bond motifs is 2. The van der Waals surface area contributed by atoms with Crippen molar-refractivity contribution >= 4 is 0 Å². The molecule has 2 aliphatic rings. The Labute approximate surface area is 99.1 Å². The van der Waals surface area contributed by atoms with E-state index in [2.05, 4.69) is 39.0 Å². The topological polar surface area (TPSA) is 0 Å². The predicted molar refractivity (Wildman–Crippen MR) is 68.7 cm³/mol. The average Bonchev–Trinajstić information content (AvgIpc) is 2.80. The monoisotopic (exact) mass is 214 g/mol. The highest BCUT2D eigenvalue weighted by Crippen LogP contribution is 2.56. The number of benzene rings is 1. The lowest BCUT2D eigenvalue weighted by atomic mass is 9.75. The van der Waals surface area contributed by atoms with Gasteiger partial charge in [0.1, 0.15) is 0 Å². The molecule has 0 spiro atoms. The van der Waals surface area contributed by atoms with Crippen LogP contribution in [0.2, 0.25) is 0 Å². The van der Waals surface area contributed by atoms with E-state index in [0.29, 0.717) is 0 Å². The molecule has 0 radical (unpaired) electrons. The first-order valence-electron chi connectivity index (χ1n) is 6.74. The molecular formula is C16H22. The molecule has 86 valence electrons. The molecule has 1 aromatic carbocycles. The largest absolute Gasteiger partial charge is 0.0616 e. The third-order valence-corrected chi connectivity index (χ3v) is 5.12. The summed E-state index contributed by atoms with van der Waals surface area (Å²) in [5.74, 6) is 3.79. The molecule has 0 heteroatoms. The molecule has 0 saturated heterocycles. The normalized spacial score (nSPS) is 36.9. The van der Waals surface area contributed by atoms with Gasteiger partial charge in [-0.15, -0.1) is 0 Å². The summed E-state index contributed by atoms with van der Waals surface area (Å²) in [5.41, 5.74) is 4.56. The van der Waals surface area contributed by atoms with Crippen LogP contribution >= 0.6 is 0 Å². The molecule has 0 N–H and O–H groups in total. The molecule has 4 unspecified atom stereocenters. The average molecular weight is 214 g/mol. The van der Waals surface area contributed by atoms with Crippen LogP contribution in [0.1, 0.15) is 48.8 Å². The molecule has 2 fully saturated rings. The fourth-order valence-electron chi connectivity index (χ4n) is 4.32. The lowest BCUT2D eigenvalue weighted by Crippen LogP contribution is -2.18. The van der Waals surface area contributed by atoms with Crippen LogP contribution in [0, 0.1) is 31.6 Å². The van der Waals surface area contributed by atoms with E-state index in [-0.39, 0.29) is 0 Å². The second-order valence-electron chi connectivity index (χ2n) is 6.08. The summed E-state index contributed by atoms with van der Waals surface area (Å²) < 4.78 is 0. The number of rotatable bonds is 1. The fraction of sp³-hybridized carbons (Fsp3) is 0.625. The zero-order chi connectivity index (χ0) is 11.3. The molecular weight excluding hydrogens is 192 g/mol. The Morgan fingerprint density at radius 1 is 1.06 bits per heavy atom. The first-order chi connectivity index (χ1) is 7.66. The quantitative estimate of drug-likeness (QED) is 0.647. The van der Waals surface area contributed by atoms with Gasteiger partial charge in [-0.1, -0.05) is 30.7 Å². The molecule has 2 saturated carbocycles. The Kier molecular flexibility index (Phi) is 2.34. The van der Waals surface area contributed by atoms with Crippen molar-refractivity contribution in [2.75, 3.05) is 0 Å². The van der Waals surface area contributed by atoms with Crippen LogP contribution in [0.25, 0.3) is 0 Å². The van der Waals surface area contributed by atoms with Crippen LogP contribution in [0.3, 0.4) is 0 Å². The maximum Gasteiger partial charge on any atom is -0.0103 e. The van der Waals surface area contributed by atoms with E-state index in [1.807, 2.05) is 0 Å². The molecule has 2 aliphatic carbocycles. The highest BCUT2D eigenvalue weighted by atomic mass is 14.5. The van der Waals surface area contributed by atoms with Crippen molar-refractivity contribution in [3.63, 3.8) is 0 Å². The lowest BCUT2D eigenvalue weighted by Gasteiger charge is -2.30.